The molecule has 0 fully saturated rings. The minimum absolute atomic E-state index is 0.279. The van der Waals surface area contributed by atoms with Crippen LogP contribution in [0.5, 0.6) is 5.75 Å². The Balaban J connectivity index is 2.10. The predicted octanol–water partition coefficient (Wildman–Crippen LogP) is 3.46. The largest absolute Gasteiger partial charge is 0.489 e. The highest BCUT2D eigenvalue weighted by atomic mass is 79.9. The van der Waals surface area contributed by atoms with Crippen molar-refractivity contribution in [2.24, 2.45) is 10.9 Å². The summed E-state index contributed by atoms with van der Waals surface area (Å²) in [5.74, 6) is 5.48. The molecule has 0 saturated heterocycles. The molecule has 0 aliphatic carbocycles. The van der Waals surface area contributed by atoms with Crippen LogP contribution in [0, 0.1) is 5.82 Å². The maximum absolute atomic E-state index is 13.1. The van der Waals surface area contributed by atoms with Gasteiger partial charge in [0.2, 0.25) is 0 Å². The number of benzene rings is 2. The van der Waals surface area contributed by atoms with Gasteiger partial charge >= 0.3 is 0 Å². The molecule has 0 radical (unpaired) electrons. The fourth-order valence-corrected chi connectivity index (χ4v) is 1.95. The van der Waals surface area contributed by atoms with E-state index in [4.69, 9.17) is 10.6 Å². The number of nitrogens with zero attached hydrogens (tertiary/aromatic N) is 1. The molecule has 0 aliphatic rings. The molecule has 0 unspecified atom stereocenters. The lowest BCUT2D eigenvalue weighted by molar-refractivity contribution is 0.305. The molecule has 3 nitrogen and oxygen atoms in total. The van der Waals surface area contributed by atoms with E-state index in [1.165, 1.54) is 18.3 Å². The van der Waals surface area contributed by atoms with Gasteiger partial charge in [0.1, 0.15) is 18.2 Å². The highest BCUT2D eigenvalue weighted by molar-refractivity contribution is 9.10. The van der Waals surface area contributed by atoms with E-state index in [-0.39, 0.29) is 12.4 Å². The van der Waals surface area contributed by atoms with Crippen molar-refractivity contribution in [3.8, 4) is 5.75 Å². The molecule has 98 valence electrons. The number of rotatable bonds is 4. The maximum atomic E-state index is 13.1. The van der Waals surface area contributed by atoms with Crippen LogP contribution < -0.4 is 10.6 Å². The van der Waals surface area contributed by atoms with E-state index in [1.807, 2.05) is 24.3 Å². The first kappa shape index (κ1) is 13.5. The highest BCUT2D eigenvalue weighted by Crippen LogP contribution is 2.20. The zero-order valence-corrected chi connectivity index (χ0v) is 11.6. The van der Waals surface area contributed by atoms with Gasteiger partial charge < -0.3 is 10.6 Å². The molecule has 0 bridgehead atoms. The lowest BCUT2D eigenvalue weighted by atomic mass is 10.2. The van der Waals surface area contributed by atoms with Crippen molar-refractivity contribution in [1.82, 2.24) is 0 Å². The molecule has 0 aromatic heterocycles. The first-order valence-electron chi connectivity index (χ1n) is 5.59. The molecule has 0 spiro atoms. The third-order valence-corrected chi connectivity index (χ3v) is 3.26. The standard InChI is InChI=1S/C14H12BrFN2O/c15-14-5-4-12(16)7-11(14)9-19-13-3-1-2-10(6-13)8-18-17/h1-8H,9,17H2. The average molecular weight is 323 g/mol. The van der Waals surface area contributed by atoms with Crippen molar-refractivity contribution in [2.75, 3.05) is 0 Å². The Morgan fingerprint density at radius 3 is 2.89 bits per heavy atom. The Kier molecular flexibility index (Phi) is 4.52. The van der Waals surface area contributed by atoms with Crippen molar-refractivity contribution in [3.63, 3.8) is 0 Å². The lowest BCUT2D eigenvalue weighted by Crippen LogP contribution is -1.98. The Morgan fingerprint density at radius 2 is 2.11 bits per heavy atom. The third kappa shape index (κ3) is 3.79. The molecular formula is C14H12BrFN2O. The highest BCUT2D eigenvalue weighted by Gasteiger charge is 2.03. The second kappa shape index (κ2) is 6.33. The Hall–Kier alpha value is -1.88. The van der Waals surface area contributed by atoms with E-state index < -0.39 is 0 Å². The first-order chi connectivity index (χ1) is 9.19. The van der Waals surface area contributed by atoms with Crippen LogP contribution in [0.1, 0.15) is 11.1 Å². The van der Waals surface area contributed by atoms with Gasteiger partial charge in [-0.1, -0.05) is 28.1 Å². The zero-order chi connectivity index (χ0) is 13.7. The topological polar surface area (TPSA) is 47.6 Å². The van der Waals surface area contributed by atoms with Crippen molar-refractivity contribution >= 4 is 22.1 Å². The summed E-state index contributed by atoms with van der Waals surface area (Å²) in [6, 6.07) is 11.8. The van der Waals surface area contributed by atoms with Crippen molar-refractivity contribution in [2.45, 2.75) is 6.61 Å². The minimum atomic E-state index is -0.286. The van der Waals surface area contributed by atoms with Crippen LogP contribution in [0.4, 0.5) is 4.39 Å². The molecule has 2 aromatic rings. The van der Waals surface area contributed by atoms with Crippen LogP contribution in [0.3, 0.4) is 0 Å². The first-order valence-corrected chi connectivity index (χ1v) is 6.38. The normalized spacial score (nSPS) is 10.8. The second-order valence-electron chi connectivity index (χ2n) is 3.88. The predicted molar refractivity (Wildman–Crippen MR) is 76.7 cm³/mol. The SMILES string of the molecule is NN=Cc1cccc(OCc2cc(F)ccc2Br)c1. The molecule has 0 saturated carbocycles. The van der Waals surface area contributed by atoms with E-state index in [0.717, 1.165) is 15.6 Å². The van der Waals surface area contributed by atoms with Crippen molar-refractivity contribution in [1.29, 1.82) is 0 Å². The molecule has 0 atom stereocenters. The summed E-state index contributed by atoms with van der Waals surface area (Å²) in [6.07, 6.45) is 1.53. The van der Waals surface area contributed by atoms with Crippen molar-refractivity contribution in [3.05, 3.63) is 63.9 Å². The zero-order valence-electron chi connectivity index (χ0n) is 10.0. The van der Waals surface area contributed by atoms with Gasteiger partial charge in [0.05, 0.1) is 6.21 Å². The van der Waals surface area contributed by atoms with E-state index in [9.17, 15) is 4.39 Å². The van der Waals surface area contributed by atoms with Crippen molar-refractivity contribution < 1.29 is 9.13 Å². The van der Waals surface area contributed by atoms with Gasteiger partial charge in [-0.05, 0) is 35.9 Å². The monoisotopic (exact) mass is 322 g/mol. The molecule has 0 amide bonds. The smallest absolute Gasteiger partial charge is 0.123 e. The van der Waals surface area contributed by atoms with Crippen LogP contribution in [-0.4, -0.2) is 6.21 Å². The van der Waals surface area contributed by atoms with Gasteiger partial charge in [-0.3, -0.25) is 0 Å². The van der Waals surface area contributed by atoms with E-state index in [0.29, 0.717) is 5.75 Å². The minimum Gasteiger partial charge on any atom is -0.489 e. The van der Waals surface area contributed by atoms with Gasteiger partial charge in [0, 0.05) is 10.0 Å². The second-order valence-corrected chi connectivity index (χ2v) is 4.73. The van der Waals surface area contributed by atoms with Crippen LogP contribution >= 0.6 is 15.9 Å². The molecule has 2 rings (SSSR count). The number of nitrogens with two attached hydrogens (primary N) is 1. The summed E-state index contributed by atoms with van der Waals surface area (Å²) in [7, 11) is 0. The van der Waals surface area contributed by atoms with Gasteiger partial charge in [-0.15, -0.1) is 0 Å². The molecule has 2 aromatic carbocycles. The van der Waals surface area contributed by atoms with E-state index in [2.05, 4.69) is 21.0 Å². The molecule has 0 heterocycles. The number of hydrazone groups is 1. The summed E-state index contributed by atoms with van der Waals surface area (Å²) in [6.45, 7) is 0.279. The molecular weight excluding hydrogens is 311 g/mol. The molecule has 0 aliphatic heterocycles. The van der Waals surface area contributed by atoms with Crippen LogP contribution in [0.2, 0.25) is 0 Å². The number of halogens is 2. The summed E-state index contributed by atoms with van der Waals surface area (Å²) in [5.41, 5.74) is 1.59. The van der Waals surface area contributed by atoms with Gasteiger partial charge in [0.15, 0.2) is 0 Å². The molecule has 19 heavy (non-hydrogen) atoms. The Morgan fingerprint density at radius 1 is 1.26 bits per heavy atom. The van der Waals surface area contributed by atoms with Gasteiger partial charge in [0.25, 0.3) is 0 Å². The summed E-state index contributed by atoms with van der Waals surface area (Å²) < 4.78 is 19.6. The number of ether oxygens (including phenoxy) is 1. The summed E-state index contributed by atoms with van der Waals surface area (Å²) >= 11 is 3.36. The fourth-order valence-electron chi connectivity index (χ4n) is 1.59. The van der Waals surface area contributed by atoms with Crippen LogP contribution in [0.25, 0.3) is 0 Å². The number of hydrogen-bond acceptors (Lipinski definition) is 3. The molecule has 5 heteroatoms. The third-order valence-electron chi connectivity index (χ3n) is 2.48. The van der Waals surface area contributed by atoms with Gasteiger partial charge in [-0.25, -0.2) is 4.39 Å². The van der Waals surface area contributed by atoms with Crippen LogP contribution in [-0.2, 0) is 6.61 Å². The fraction of sp³-hybridized carbons (Fsp3) is 0.0714. The summed E-state index contributed by atoms with van der Waals surface area (Å²) in [4.78, 5) is 0. The quantitative estimate of drug-likeness (QED) is 0.532. The Labute approximate surface area is 119 Å². The van der Waals surface area contributed by atoms with E-state index in [1.54, 1.807) is 6.07 Å². The molecule has 2 N–H and O–H groups in total. The Bertz CT molecular complexity index is 602. The average Bonchev–Trinajstić information content (AvgIpc) is 2.41. The summed E-state index contributed by atoms with van der Waals surface area (Å²) in [5, 5.41) is 3.45. The lowest BCUT2D eigenvalue weighted by Gasteiger charge is -2.08. The number of hydrogen-bond donors (Lipinski definition) is 1. The van der Waals surface area contributed by atoms with E-state index >= 15 is 0 Å². The van der Waals surface area contributed by atoms with Crippen LogP contribution in [0.15, 0.2) is 52.0 Å². The van der Waals surface area contributed by atoms with Gasteiger partial charge in [-0.2, -0.15) is 5.10 Å². The maximum Gasteiger partial charge on any atom is 0.123 e.